The van der Waals surface area contributed by atoms with E-state index in [4.69, 9.17) is 23.2 Å². The average Bonchev–Trinajstić information content (AvgIpc) is 2.60. The molecule has 0 radical (unpaired) electrons. The Morgan fingerprint density at radius 2 is 1.12 bits per heavy atom. The molecule has 0 fully saturated rings. The van der Waals surface area contributed by atoms with Crippen LogP contribution in [0.1, 0.15) is 23.6 Å². The summed E-state index contributed by atoms with van der Waals surface area (Å²) in [6, 6.07) is 20.0. The fraction of sp³-hybridized carbons (Fsp3) is 0.100. The summed E-state index contributed by atoms with van der Waals surface area (Å²) in [5.74, 6) is -0.0187. The lowest BCUT2D eigenvalue weighted by molar-refractivity contribution is 0.442. The number of hydrogen-bond acceptors (Lipinski definition) is 2. The lowest BCUT2D eigenvalue weighted by Gasteiger charge is -2.33. The van der Waals surface area contributed by atoms with Crippen LogP contribution in [0.25, 0.3) is 0 Å². The Balaban J connectivity index is 2.38. The van der Waals surface area contributed by atoms with E-state index in [1.54, 1.807) is 36.4 Å². The van der Waals surface area contributed by atoms with Gasteiger partial charge in [0, 0.05) is 16.5 Å². The van der Waals surface area contributed by atoms with Crippen molar-refractivity contribution < 1.29 is 10.2 Å². The summed E-state index contributed by atoms with van der Waals surface area (Å²) in [4.78, 5) is 0. The van der Waals surface area contributed by atoms with Gasteiger partial charge in [-0.3, -0.25) is 0 Å². The smallest absolute Gasteiger partial charge is 0.138 e. The Kier molecular flexibility index (Phi) is 4.44. The van der Waals surface area contributed by atoms with Crippen molar-refractivity contribution in [3.8, 4) is 11.5 Å². The maximum absolute atomic E-state index is 10.6. The van der Waals surface area contributed by atoms with Gasteiger partial charge in [0.2, 0.25) is 0 Å². The Bertz CT molecular complexity index is 825. The first kappa shape index (κ1) is 16.7. The zero-order valence-electron chi connectivity index (χ0n) is 13.0. The van der Waals surface area contributed by atoms with Crippen molar-refractivity contribution in [2.45, 2.75) is 12.3 Å². The SMILES string of the molecule is CC(c1ccccc1)(c1cccc(Cl)c1O)c1cccc(Cl)c1O. The molecule has 0 spiro atoms. The van der Waals surface area contributed by atoms with Gasteiger partial charge >= 0.3 is 0 Å². The van der Waals surface area contributed by atoms with E-state index in [-0.39, 0.29) is 21.5 Å². The van der Waals surface area contributed by atoms with Crippen molar-refractivity contribution in [2.24, 2.45) is 0 Å². The first-order valence-electron chi connectivity index (χ1n) is 7.47. The van der Waals surface area contributed by atoms with Crippen molar-refractivity contribution in [2.75, 3.05) is 0 Å². The van der Waals surface area contributed by atoms with Crippen LogP contribution in [-0.4, -0.2) is 10.2 Å². The third-order valence-electron chi connectivity index (χ3n) is 4.40. The maximum atomic E-state index is 10.6. The topological polar surface area (TPSA) is 40.5 Å². The zero-order chi connectivity index (χ0) is 17.3. The summed E-state index contributed by atoms with van der Waals surface area (Å²) >= 11 is 12.3. The van der Waals surface area contributed by atoms with Gasteiger partial charge in [-0.05, 0) is 24.6 Å². The minimum atomic E-state index is -0.828. The summed E-state index contributed by atoms with van der Waals surface area (Å²) in [7, 11) is 0. The molecule has 0 bridgehead atoms. The molecule has 24 heavy (non-hydrogen) atoms. The second kappa shape index (κ2) is 6.39. The Labute approximate surface area is 150 Å². The number of para-hydroxylation sites is 2. The maximum Gasteiger partial charge on any atom is 0.138 e. The number of phenolic OH excluding ortho intramolecular Hbond substituents is 2. The lowest BCUT2D eigenvalue weighted by atomic mass is 9.70. The van der Waals surface area contributed by atoms with E-state index < -0.39 is 5.41 Å². The van der Waals surface area contributed by atoms with Crippen LogP contribution in [0.4, 0.5) is 0 Å². The predicted molar refractivity (Wildman–Crippen MR) is 98.2 cm³/mol. The molecule has 0 atom stereocenters. The molecule has 2 N–H and O–H groups in total. The number of phenols is 2. The molecule has 0 aromatic heterocycles. The third-order valence-corrected chi connectivity index (χ3v) is 5.01. The van der Waals surface area contributed by atoms with Crippen molar-refractivity contribution in [3.05, 3.63) is 93.5 Å². The van der Waals surface area contributed by atoms with Crippen LogP contribution in [0, 0.1) is 0 Å². The van der Waals surface area contributed by atoms with E-state index >= 15 is 0 Å². The second-order valence-electron chi connectivity index (χ2n) is 5.76. The van der Waals surface area contributed by atoms with E-state index in [0.29, 0.717) is 11.1 Å². The van der Waals surface area contributed by atoms with Crippen molar-refractivity contribution in [1.82, 2.24) is 0 Å². The van der Waals surface area contributed by atoms with Gasteiger partial charge in [0.1, 0.15) is 11.5 Å². The molecule has 3 aromatic carbocycles. The van der Waals surface area contributed by atoms with Crippen LogP contribution in [0.5, 0.6) is 11.5 Å². The number of rotatable bonds is 3. The molecule has 2 nitrogen and oxygen atoms in total. The summed E-state index contributed by atoms with van der Waals surface area (Å²) < 4.78 is 0. The second-order valence-corrected chi connectivity index (χ2v) is 6.58. The van der Waals surface area contributed by atoms with E-state index in [0.717, 1.165) is 5.56 Å². The van der Waals surface area contributed by atoms with Crippen LogP contribution < -0.4 is 0 Å². The molecule has 0 saturated heterocycles. The molecular weight excluding hydrogens is 343 g/mol. The van der Waals surface area contributed by atoms with Gasteiger partial charge in [-0.2, -0.15) is 0 Å². The largest absolute Gasteiger partial charge is 0.506 e. The van der Waals surface area contributed by atoms with Crippen LogP contribution in [-0.2, 0) is 5.41 Å². The monoisotopic (exact) mass is 358 g/mol. The molecule has 0 unspecified atom stereocenters. The molecule has 3 aromatic rings. The molecule has 0 aliphatic carbocycles. The fourth-order valence-corrected chi connectivity index (χ4v) is 3.41. The molecule has 122 valence electrons. The predicted octanol–water partition coefficient (Wildman–Crippen LogP) is 5.76. The van der Waals surface area contributed by atoms with Crippen LogP contribution in [0.3, 0.4) is 0 Å². The van der Waals surface area contributed by atoms with Crippen LogP contribution in [0.15, 0.2) is 66.7 Å². The Morgan fingerprint density at radius 3 is 1.58 bits per heavy atom. The highest BCUT2D eigenvalue weighted by molar-refractivity contribution is 6.32. The van der Waals surface area contributed by atoms with Gasteiger partial charge in [0.15, 0.2) is 0 Å². The lowest BCUT2D eigenvalue weighted by Crippen LogP contribution is -2.25. The third kappa shape index (κ3) is 2.62. The number of halogens is 2. The molecule has 0 aliphatic heterocycles. The molecule has 0 aliphatic rings. The van der Waals surface area contributed by atoms with Gasteiger partial charge < -0.3 is 10.2 Å². The van der Waals surface area contributed by atoms with Crippen molar-refractivity contribution in [1.29, 1.82) is 0 Å². The van der Waals surface area contributed by atoms with E-state index in [1.165, 1.54) is 0 Å². The minimum absolute atomic E-state index is 0.00936. The molecule has 3 rings (SSSR count). The molecular formula is C20H16Cl2O2. The molecule has 4 heteroatoms. The first-order valence-corrected chi connectivity index (χ1v) is 8.23. The quantitative estimate of drug-likeness (QED) is 0.584. The van der Waals surface area contributed by atoms with Gasteiger partial charge in [0.25, 0.3) is 0 Å². The standard InChI is InChI=1S/C20H16Cl2O2/c1-20(13-7-3-2-4-8-13,14-9-5-11-16(21)18(14)23)15-10-6-12-17(22)19(15)24/h2-12,23-24H,1H3. The van der Waals surface area contributed by atoms with Gasteiger partial charge in [0.05, 0.1) is 10.0 Å². The van der Waals surface area contributed by atoms with Crippen LogP contribution in [0.2, 0.25) is 10.0 Å². The van der Waals surface area contributed by atoms with Crippen molar-refractivity contribution >= 4 is 23.2 Å². The van der Waals surface area contributed by atoms with Crippen molar-refractivity contribution in [3.63, 3.8) is 0 Å². The van der Waals surface area contributed by atoms with Crippen LogP contribution >= 0.6 is 23.2 Å². The summed E-state index contributed by atoms with van der Waals surface area (Å²) in [5, 5.41) is 21.7. The summed E-state index contributed by atoms with van der Waals surface area (Å²) in [6.45, 7) is 1.93. The highest BCUT2D eigenvalue weighted by atomic mass is 35.5. The van der Waals surface area contributed by atoms with Gasteiger partial charge in [-0.1, -0.05) is 77.8 Å². The summed E-state index contributed by atoms with van der Waals surface area (Å²) in [5.41, 5.74) is 1.27. The number of benzene rings is 3. The minimum Gasteiger partial charge on any atom is -0.506 e. The summed E-state index contributed by atoms with van der Waals surface area (Å²) in [6.07, 6.45) is 0. The first-order chi connectivity index (χ1) is 11.5. The normalized spacial score (nSPS) is 11.5. The van der Waals surface area contributed by atoms with E-state index in [9.17, 15) is 10.2 Å². The fourth-order valence-electron chi connectivity index (χ4n) is 3.07. The highest BCUT2D eigenvalue weighted by Gasteiger charge is 2.36. The van der Waals surface area contributed by atoms with E-state index in [2.05, 4.69) is 0 Å². The molecule has 0 heterocycles. The van der Waals surface area contributed by atoms with Gasteiger partial charge in [-0.25, -0.2) is 0 Å². The number of hydrogen-bond donors (Lipinski definition) is 2. The average molecular weight is 359 g/mol. The molecule has 0 saturated carbocycles. The number of aromatic hydroxyl groups is 2. The zero-order valence-corrected chi connectivity index (χ0v) is 14.5. The van der Waals surface area contributed by atoms with E-state index in [1.807, 2.05) is 37.3 Å². The highest BCUT2D eigenvalue weighted by Crippen LogP contribution is 2.48. The van der Waals surface area contributed by atoms with Gasteiger partial charge in [-0.15, -0.1) is 0 Å². The molecule has 0 amide bonds. The Hall–Kier alpha value is -2.16. The Morgan fingerprint density at radius 1 is 0.667 bits per heavy atom.